The minimum absolute atomic E-state index is 0.143. The van der Waals surface area contributed by atoms with Crippen molar-refractivity contribution in [2.75, 3.05) is 5.32 Å². The zero-order valence-electron chi connectivity index (χ0n) is 11.1. The summed E-state index contributed by atoms with van der Waals surface area (Å²) in [5.41, 5.74) is 0.436. The van der Waals surface area contributed by atoms with Gasteiger partial charge in [0.25, 0.3) is 0 Å². The maximum atomic E-state index is 12.7. The molecule has 22 heavy (non-hydrogen) atoms. The lowest BCUT2D eigenvalue weighted by Gasteiger charge is -2.11. The molecule has 0 bridgehead atoms. The quantitative estimate of drug-likeness (QED) is 0.900. The number of anilines is 2. The molecule has 1 N–H and O–H groups in total. The van der Waals surface area contributed by atoms with Gasteiger partial charge in [-0.15, -0.1) is 0 Å². The molecule has 114 valence electrons. The molecule has 0 aliphatic carbocycles. The van der Waals surface area contributed by atoms with Crippen molar-refractivity contribution in [3.63, 3.8) is 0 Å². The van der Waals surface area contributed by atoms with Gasteiger partial charge >= 0.3 is 6.18 Å². The molecule has 3 nitrogen and oxygen atoms in total. The second kappa shape index (κ2) is 4.88. The molecule has 1 aliphatic rings. The topological polar surface area (TPSA) is 46.2 Å². The van der Waals surface area contributed by atoms with Gasteiger partial charge in [0.1, 0.15) is 0 Å². The largest absolute Gasteiger partial charge is 0.416 e. The van der Waals surface area contributed by atoms with E-state index in [-0.39, 0.29) is 10.6 Å². The maximum absolute atomic E-state index is 12.7. The van der Waals surface area contributed by atoms with Gasteiger partial charge in [0.2, 0.25) is 9.84 Å². The van der Waals surface area contributed by atoms with E-state index in [1.54, 1.807) is 12.1 Å². The van der Waals surface area contributed by atoms with Gasteiger partial charge in [-0.05, 0) is 42.0 Å². The molecule has 0 spiro atoms. The monoisotopic (exact) mass is 325 g/mol. The van der Waals surface area contributed by atoms with Gasteiger partial charge in [-0.1, -0.05) is 12.1 Å². The van der Waals surface area contributed by atoms with E-state index in [0.717, 1.165) is 17.5 Å². The second-order valence-electron chi connectivity index (χ2n) is 4.80. The van der Waals surface area contributed by atoms with Crippen molar-refractivity contribution in [3.8, 4) is 0 Å². The average Bonchev–Trinajstić information content (AvgIpc) is 2.74. The van der Waals surface area contributed by atoms with E-state index < -0.39 is 21.6 Å². The van der Waals surface area contributed by atoms with Crippen molar-refractivity contribution in [1.82, 2.24) is 0 Å². The average molecular weight is 325 g/mol. The minimum atomic E-state index is -4.43. The Hall–Kier alpha value is -2.28. The van der Waals surface area contributed by atoms with Crippen LogP contribution >= 0.6 is 0 Å². The summed E-state index contributed by atoms with van der Waals surface area (Å²) >= 11 is 0. The maximum Gasteiger partial charge on any atom is 0.416 e. The van der Waals surface area contributed by atoms with Crippen LogP contribution in [0.15, 0.2) is 52.8 Å². The van der Waals surface area contributed by atoms with Gasteiger partial charge in [0.05, 0.1) is 10.5 Å². The normalized spacial score (nSPS) is 15.6. The predicted octanol–water partition coefficient (Wildman–Crippen LogP) is 4.21. The molecule has 0 atom stereocenters. The summed E-state index contributed by atoms with van der Waals surface area (Å²) in [7, 11) is -3.45. The molecule has 7 heteroatoms. The predicted molar refractivity (Wildman–Crippen MR) is 77.4 cm³/mol. The Kier molecular flexibility index (Phi) is 3.25. The van der Waals surface area contributed by atoms with E-state index >= 15 is 0 Å². The standard InChI is InChI=1S/C15H10F3NO2S/c16-15(17,18)11-2-1-3-12(8-11)19-13-5-4-10-6-7-22(20,21)14(10)9-13/h1-9,19H. The number of rotatable bonds is 2. The second-order valence-corrected chi connectivity index (χ2v) is 6.61. The summed E-state index contributed by atoms with van der Waals surface area (Å²) in [6.07, 6.45) is -2.94. The summed E-state index contributed by atoms with van der Waals surface area (Å²) in [5, 5.41) is 3.89. The first-order valence-electron chi connectivity index (χ1n) is 6.27. The van der Waals surface area contributed by atoms with Crippen molar-refractivity contribution in [3.05, 3.63) is 59.0 Å². The van der Waals surface area contributed by atoms with Crippen LogP contribution in [-0.2, 0) is 16.0 Å². The molecule has 1 aliphatic heterocycles. The van der Waals surface area contributed by atoms with Crippen LogP contribution < -0.4 is 5.32 Å². The molecule has 1 heterocycles. The molecule has 0 radical (unpaired) electrons. The number of hydrogen-bond donors (Lipinski definition) is 1. The van der Waals surface area contributed by atoms with Gasteiger partial charge < -0.3 is 5.32 Å². The van der Waals surface area contributed by atoms with Crippen LogP contribution in [-0.4, -0.2) is 8.42 Å². The highest BCUT2D eigenvalue weighted by Gasteiger charge is 2.30. The molecule has 0 fully saturated rings. The zero-order chi connectivity index (χ0) is 16.0. The number of hydrogen-bond acceptors (Lipinski definition) is 3. The first-order valence-corrected chi connectivity index (χ1v) is 7.82. The summed E-state index contributed by atoms with van der Waals surface area (Å²) in [4.78, 5) is 0.143. The fourth-order valence-corrected chi connectivity index (χ4v) is 3.40. The smallest absolute Gasteiger partial charge is 0.355 e. The molecule has 2 aromatic rings. The lowest BCUT2D eigenvalue weighted by Crippen LogP contribution is -2.05. The van der Waals surface area contributed by atoms with Gasteiger partial charge in [-0.2, -0.15) is 13.2 Å². The molecular formula is C15H10F3NO2S. The Bertz CT molecular complexity index is 871. The molecule has 0 saturated heterocycles. The number of fused-ring (bicyclic) bond motifs is 1. The van der Waals surface area contributed by atoms with Crippen molar-refractivity contribution in [1.29, 1.82) is 0 Å². The van der Waals surface area contributed by atoms with Crippen LogP contribution in [0.2, 0.25) is 0 Å². The van der Waals surface area contributed by atoms with Crippen LogP contribution in [0, 0.1) is 0 Å². The molecule has 0 aromatic heterocycles. The van der Waals surface area contributed by atoms with E-state index in [4.69, 9.17) is 0 Å². The number of benzene rings is 2. The van der Waals surface area contributed by atoms with E-state index in [1.807, 2.05) is 0 Å². The number of halogens is 3. The fraction of sp³-hybridized carbons (Fsp3) is 0.0667. The summed E-state index contributed by atoms with van der Waals surface area (Å²) < 4.78 is 61.6. The molecule has 2 aromatic carbocycles. The first-order chi connectivity index (χ1) is 10.3. The summed E-state index contributed by atoms with van der Waals surface area (Å²) in [6.45, 7) is 0. The molecule has 3 rings (SSSR count). The Labute approximate surface area is 125 Å². The molecular weight excluding hydrogens is 315 g/mol. The molecule has 0 unspecified atom stereocenters. The van der Waals surface area contributed by atoms with Crippen LogP contribution in [0.1, 0.15) is 11.1 Å². The highest BCUT2D eigenvalue weighted by Crippen LogP contribution is 2.33. The Morgan fingerprint density at radius 2 is 1.68 bits per heavy atom. The van der Waals surface area contributed by atoms with Crippen LogP contribution in [0.25, 0.3) is 6.08 Å². The van der Waals surface area contributed by atoms with E-state index in [9.17, 15) is 21.6 Å². The van der Waals surface area contributed by atoms with E-state index in [2.05, 4.69) is 5.32 Å². The molecule has 0 amide bonds. The Balaban J connectivity index is 1.93. The lowest BCUT2D eigenvalue weighted by atomic mass is 10.1. The Morgan fingerprint density at radius 3 is 2.41 bits per heavy atom. The van der Waals surface area contributed by atoms with E-state index in [1.165, 1.54) is 24.3 Å². The fourth-order valence-electron chi connectivity index (χ4n) is 2.17. The third-order valence-corrected chi connectivity index (χ3v) is 4.69. The number of nitrogens with one attached hydrogen (secondary N) is 1. The van der Waals surface area contributed by atoms with Crippen LogP contribution in [0.5, 0.6) is 0 Å². The highest BCUT2D eigenvalue weighted by atomic mass is 32.2. The highest BCUT2D eigenvalue weighted by molar-refractivity contribution is 7.94. The van der Waals surface area contributed by atoms with E-state index in [0.29, 0.717) is 11.3 Å². The third-order valence-electron chi connectivity index (χ3n) is 3.23. The van der Waals surface area contributed by atoms with Gasteiger partial charge in [0, 0.05) is 16.8 Å². The Morgan fingerprint density at radius 1 is 0.955 bits per heavy atom. The summed E-state index contributed by atoms with van der Waals surface area (Å²) in [6, 6.07) is 9.34. The number of alkyl halides is 3. The van der Waals surface area contributed by atoms with Gasteiger partial charge in [-0.25, -0.2) is 8.42 Å². The number of sulfone groups is 1. The van der Waals surface area contributed by atoms with Crippen molar-refractivity contribution in [2.45, 2.75) is 11.1 Å². The van der Waals surface area contributed by atoms with Crippen LogP contribution in [0.4, 0.5) is 24.5 Å². The SMILES string of the molecule is O=S1(=O)C=Cc2ccc(Nc3cccc(C(F)(F)F)c3)cc21. The first kappa shape index (κ1) is 14.6. The van der Waals surface area contributed by atoms with Crippen molar-refractivity contribution in [2.24, 2.45) is 0 Å². The van der Waals surface area contributed by atoms with Gasteiger partial charge in [-0.3, -0.25) is 0 Å². The van der Waals surface area contributed by atoms with Crippen molar-refractivity contribution < 1.29 is 21.6 Å². The molecule has 0 saturated carbocycles. The zero-order valence-corrected chi connectivity index (χ0v) is 11.9. The summed E-state index contributed by atoms with van der Waals surface area (Å²) in [5.74, 6) is 0. The van der Waals surface area contributed by atoms with Crippen molar-refractivity contribution >= 4 is 27.3 Å². The van der Waals surface area contributed by atoms with Gasteiger partial charge in [0.15, 0.2) is 0 Å². The minimum Gasteiger partial charge on any atom is -0.355 e. The lowest BCUT2D eigenvalue weighted by molar-refractivity contribution is -0.137. The van der Waals surface area contributed by atoms with Crippen LogP contribution in [0.3, 0.4) is 0 Å². The third kappa shape index (κ3) is 2.71.